The highest BCUT2D eigenvalue weighted by Gasteiger charge is 2.35. The lowest BCUT2D eigenvalue weighted by Gasteiger charge is -2.38. The molecule has 1 heterocycles. The zero-order chi connectivity index (χ0) is 28.2. The number of fused-ring (bicyclic) bond motifs is 1. The summed E-state index contributed by atoms with van der Waals surface area (Å²) < 4.78 is 34.0. The molecule has 0 fully saturated rings. The first-order valence-electron chi connectivity index (χ1n) is 12.7. The van der Waals surface area contributed by atoms with Gasteiger partial charge in [0.15, 0.2) is 0 Å². The number of amides is 3. The van der Waals surface area contributed by atoms with Crippen LogP contribution >= 0.6 is 0 Å². The van der Waals surface area contributed by atoms with E-state index in [2.05, 4.69) is 10.6 Å². The Hall–Kier alpha value is -3.15. The molecule has 0 aliphatic carbocycles. The minimum Gasteiger partial charge on any atom is -0.488 e. The second-order valence-corrected chi connectivity index (χ2v) is 12.2. The number of carbonyl (C=O) groups is 2. The maximum absolute atomic E-state index is 13.6. The highest BCUT2D eigenvalue weighted by molar-refractivity contribution is 7.89. The van der Waals surface area contributed by atoms with E-state index >= 15 is 0 Å². The minimum atomic E-state index is -3.77. The normalized spacial score (nSPS) is 18.9. The van der Waals surface area contributed by atoms with Crippen LogP contribution in [0.2, 0.25) is 0 Å². The molecule has 0 saturated carbocycles. The summed E-state index contributed by atoms with van der Waals surface area (Å²) in [5, 5.41) is 15.3. The Morgan fingerprint density at radius 1 is 1.18 bits per heavy atom. The first-order valence-corrected chi connectivity index (χ1v) is 14.1. The van der Waals surface area contributed by atoms with Crippen molar-refractivity contribution in [1.82, 2.24) is 14.5 Å². The second kappa shape index (κ2) is 12.1. The molecular weight excluding hydrogens is 508 g/mol. The topological polar surface area (TPSA) is 128 Å². The van der Waals surface area contributed by atoms with Crippen LogP contribution in [0.5, 0.6) is 5.75 Å². The number of hydrogen-bond donors (Lipinski definition) is 3. The number of aryl methyl sites for hydroxylation is 1. The number of carbonyl (C=O) groups excluding carboxylic acids is 2. The van der Waals surface area contributed by atoms with Crippen molar-refractivity contribution in [3.63, 3.8) is 0 Å². The average molecular weight is 547 g/mol. The van der Waals surface area contributed by atoms with Gasteiger partial charge in [-0.2, -0.15) is 4.31 Å². The third-order valence-corrected chi connectivity index (χ3v) is 8.35. The smallest absolute Gasteiger partial charge is 0.319 e. The Labute approximate surface area is 225 Å². The fraction of sp³-hybridized carbons (Fsp3) is 0.481. The van der Waals surface area contributed by atoms with E-state index in [4.69, 9.17) is 4.74 Å². The third kappa shape index (κ3) is 6.83. The van der Waals surface area contributed by atoms with Gasteiger partial charge in [0.25, 0.3) is 5.91 Å². The van der Waals surface area contributed by atoms with Gasteiger partial charge in [-0.1, -0.05) is 24.6 Å². The Morgan fingerprint density at radius 3 is 2.45 bits per heavy atom. The molecule has 1 aliphatic heterocycles. The maximum atomic E-state index is 13.6. The molecule has 10 nitrogen and oxygen atoms in total. The van der Waals surface area contributed by atoms with Gasteiger partial charge in [-0.3, -0.25) is 4.79 Å². The number of likely N-dealkylation sites (N-methyl/N-ethyl adjacent to an activating group) is 1. The van der Waals surface area contributed by atoms with E-state index in [1.54, 1.807) is 48.2 Å². The van der Waals surface area contributed by atoms with Crippen LogP contribution < -0.4 is 15.4 Å². The molecule has 38 heavy (non-hydrogen) atoms. The van der Waals surface area contributed by atoms with Crippen molar-refractivity contribution >= 4 is 27.6 Å². The number of urea groups is 1. The first-order chi connectivity index (χ1) is 17.8. The van der Waals surface area contributed by atoms with Crippen LogP contribution in [0.25, 0.3) is 0 Å². The van der Waals surface area contributed by atoms with Crippen LogP contribution in [0, 0.1) is 12.8 Å². The Morgan fingerprint density at radius 2 is 1.84 bits per heavy atom. The lowest BCUT2D eigenvalue weighted by molar-refractivity contribution is 0.0387. The lowest BCUT2D eigenvalue weighted by Crippen LogP contribution is -2.50. The van der Waals surface area contributed by atoms with E-state index in [1.165, 1.54) is 17.4 Å². The number of aliphatic hydroxyl groups excluding tert-OH is 1. The van der Waals surface area contributed by atoms with E-state index in [0.29, 0.717) is 5.69 Å². The first kappa shape index (κ1) is 29.4. The third-order valence-electron chi connectivity index (χ3n) is 6.51. The Kier molecular flexibility index (Phi) is 9.40. The maximum Gasteiger partial charge on any atom is 0.319 e. The summed E-state index contributed by atoms with van der Waals surface area (Å²) in [6.07, 6.45) is -0.594. The van der Waals surface area contributed by atoms with Crippen molar-refractivity contribution in [2.24, 2.45) is 5.92 Å². The van der Waals surface area contributed by atoms with Gasteiger partial charge in [0.2, 0.25) is 10.0 Å². The number of anilines is 1. The molecule has 3 N–H and O–H groups in total. The molecule has 1 aliphatic rings. The number of benzene rings is 2. The van der Waals surface area contributed by atoms with Crippen LogP contribution in [-0.2, 0) is 10.0 Å². The molecule has 3 atom stereocenters. The van der Waals surface area contributed by atoms with E-state index in [0.717, 1.165) is 5.56 Å². The van der Waals surface area contributed by atoms with Gasteiger partial charge >= 0.3 is 6.03 Å². The quantitative estimate of drug-likeness (QED) is 0.467. The number of hydrogen-bond acceptors (Lipinski definition) is 6. The van der Waals surface area contributed by atoms with Crippen LogP contribution in [0.15, 0.2) is 47.4 Å². The number of nitrogens with zero attached hydrogens (tertiary/aromatic N) is 2. The summed E-state index contributed by atoms with van der Waals surface area (Å²) in [5.74, 6) is -0.329. The summed E-state index contributed by atoms with van der Waals surface area (Å²) in [6, 6.07) is 10.5. The largest absolute Gasteiger partial charge is 0.488 e. The fourth-order valence-corrected chi connectivity index (χ4v) is 5.37. The minimum absolute atomic E-state index is 0.0448. The number of sulfonamides is 1. The summed E-state index contributed by atoms with van der Waals surface area (Å²) >= 11 is 0. The molecule has 0 bridgehead atoms. The standard InChI is InChI=1S/C27H38N4O6S/c1-17(2)28-27(34)29-21-9-12-24-23(13-21)26(33)31(20(5)16-32)14-19(4)25(37-24)15-30(6)38(35,36)22-10-7-18(3)8-11-22/h7-13,17,19-20,25,32H,14-16H2,1-6H3,(H2,28,29,34)/t19-,20+,25+/m0/s1. The molecule has 3 amide bonds. The van der Waals surface area contributed by atoms with Crippen LogP contribution in [0.4, 0.5) is 10.5 Å². The average Bonchev–Trinajstić information content (AvgIpc) is 2.85. The van der Waals surface area contributed by atoms with Crippen LogP contribution in [-0.4, -0.2) is 79.6 Å². The van der Waals surface area contributed by atoms with Crippen molar-refractivity contribution in [1.29, 1.82) is 0 Å². The number of nitrogens with one attached hydrogen (secondary N) is 2. The summed E-state index contributed by atoms with van der Waals surface area (Å²) in [7, 11) is -2.27. The molecular formula is C27H38N4O6S. The number of ether oxygens (including phenoxy) is 1. The van der Waals surface area contributed by atoms with E-state index in [1.807, 2.05) is 27.7 Å². The molecule has 11 heteroatoms. The van der Waals surface area contributed by atoms with E-state index in [9.17, 15) is 23.1 Å². The predicted octanol–water partition coefficient (Wildman–Crippen LogP) is 3.07. The van der Waals surface area contributed by atoms with E-state index < -0.39 is 28.2 Å². The number of aliphatic hydroxyl groups is 1. The Bertz CT molecular complexity index is 1250. The van der Waals surface area contributed by atoms with Crippen LogP contribution in [0.3, 0.4) is 0 Å². The van der Waals surface area contributed by atoms with Crippen molar-refractivity contribution in [2.45, 2.75) is 57.7 Å². The van der Waals surface area contributed by atoms with E-state index in [-0.39, 0.29) is 53.8 Å². The molecule has 208 valence electrons. The van der Waals surface area contributed by atoms with Crippen molar-refractivity contribution in [3.8, 4) is 5.75 Å². The highest BCUT2D eigenvalue weighted by atomic mass is 32.2. The monoisotopic (exact) mass is 546 g/mol. The summed E-state index contributed by atoms with van der Waals surface area (Å²) in [4.78, 5) is 27.5. The van der Waals surface area contributed by atoms with Gasteiger partial charge in [-0.15, -0.1) is 0 Å². The van der Waals surface area contributed by atoms with Crippen molar-refractivity contribution in [2.75, 3.05) is 32.1 Å². The van der Waals surface area contributed by atoms with Gasteiger partial charge in [0.05, 0.1) is 29.7 Å². The predicted molar refractivity (Wildman–Crippen MR) is 146 cm³/mol. The lowest BCUT2D eigenvalue weighted by atomic mass is 9.99. The van der Waals surface area contributed by atoms with Gasteiger partial charge in [-0.05, 0) is 58.0 Å². The fourth-order valence-electron chi connectivity index (χ4n) is 4.19. The van der Waals surface area contributed by atoms with Gasteiger partial charge in [0, 0.05) is 31.2 Å². The van der Waals surface area contributed by atoms with Gasteiger partial charge < -0.3 is 25.4 Å². The molecule has 0 unspecified atom stereocenters. The zero-order valence-electron chi connectivity index (χ0n) is 22.8. The molecule has 0 aromatic heterocycles. The molecule has 2 aromatic carbocycles. The summed E-state index contributed by atoms with van der Waals surface area (Å²) in [5.41, 5.74) is 1.58. The van der Waals surface area contributed by atoms with Crippen molar-refractivity contribution in [3.05, 3.63) is 53.6 Å². The highest BCUT2D eigenvalue weighted by Crippen LogP contribution is 2.31. The van der Waals surface area contributed by atoms with Crippen molar-refractivity contribution < 1.29 is 27.9 Å². The zero-order valence-corrected chi connectivity index (χ0v) is 23.6. The van der Waals surface area contributed by atoms with Gasteiger partial charge in [-0.25, -0.2) is 13.2 Å². The molecule has 0 spiro atoms. The summed E-state index contributed by atoms with van der Waals surface area (Å²) in [6.45, 7) is 9.24. The molecule has 0 saturated heterocycles. The Balaban J connectivity index is 1.94. The SMILES string of the molecule is Cc1ccc(S(=O)(=O)N(C)C[C@H]2Oc3ccc(NC(=O)NC(C)C)cc3C(=O)N([C@H](C)CO)C[C@@H]2C)cc1. The molecule has 2 aromatic rings. The number of rotatable bonds is 8. The van der Waals surface area contributed by atoms with Gasteiger partial charge in [0.1, 0.15) is 11.9 Å². The molecule has 0 radical (unpaired) electrons. The second-order valence-electron chi connectivity index (χ2n) is 10.2. The van der Waals surface area contributed by atoms with Crippen LogP contribution in [0.1, 0.15) is 43.6 Å². The molecule has 3 rings (SSSR count).